The molecule has 1 heterocycles. The lowest BCUT2D eigenvalue weighted by Crippen LogP contribution is -2.37. The molecule has 1 aromatic heterocycles. The molecule has 0 unspecified atom stereocenters. The molecule has 0 aliphatic carbocycles. The Morgan fingerprint density at radius 1 is 1.30 bits per heavy atom. The molecule has 2 N–H and O–H groups in total. The number of halogens is 2. The van der Waals surface area contributed by atoms with E-state index in [1.807, 2.05) is 18.3 Å². The first kappa shape index (κ1) is 18.0. The highest BCUT2D eigenvalue weighted by Crippen LogP contribution is 2.20. The van der Waals surface area contributed by atoms with Gasteiger partial charge in [0.05, 0.1) is 5.01 Å². The maximum absolute atomic E-state index is 6.16. The lowest BCUT2D eigenvalue weighted by atomic mass is 10.2. The van der Waals surface area contributed by atoms with E-state index in [9.17, 15) is 0 Å². The molecular weight excluding hydrogens is 351 g/mol. The second kappa shape index (κ2) is 9.11. The monoisotopic (exact) mass is 370 g/mol. The molecule has 4 nitrogen and oxygen atoms in total. The molecule has 7 heteroatoms. The molecule has 0 bridgehead atoms. The Morgan fingerprint density at radius 2 is 2.13 bits per heavy atom. The maximum atomic E-state index is 6.16. The first-order valence-corrected chi connectivity index (χ1v) is 9.01. The summed E-state index contributed by atoms with van der Waals surface area (Å²) in [7, 11) is 1.75. The van der Waals surface area contributed by atoms with Crippen molar-refractivity contribution in [3.05, 3.63) is 49.9 Å². The SMILES string of the molecule is CCc1cnc(CCNC(=NC)NCc2ccc(Cl)cc2Cl)s1. The second-order valence-corrected chi connectivity index (χ2v) is 6.96. The van der Waals surface area contributed by atoms with E-state index < -0.39 is 0 Å². The highest BCUT2D eigenvalue weighted by Gasteiger charge is 2.04. The van der Waals surface area contributed by atoms with Gasteiger partial charge in [-0.25, -0.2) is 4.98 Å². The van der Waals surface area contributed by atoms with Crippen molar-refractivity contribution in [1.82, 2.24) is 15.6 Å². The first-order chi connectivity index (χ1) is 11.1. The smallest absolute Gasteiger partial charge is 0.191 e. The van der Waals surface area contributed by atoms with Gasteiger partial charge in [-0.1, -0.05) is 36.2 Å². The van der Waals surface area contributed by atoms with Crippen molar-refractivity contribution in [2.45, 2.75) is 26.3 Å². The molecule has 23 heavy (non-hydrogen) atoms. The van der Waals surface area contributed by atoms with E-state index in [4.69, 9.17) is 23.2 Å². The van der Waals surface area contributed by atoms with E-state index in [-0.39, 0.29) is 0 Å². The van der Waals surface area contributed by atoms with Crippen LogP contribution in [0, 0.1) is 0 Å². The van der Waals surface area contributed by atoms with Crippen LogP contribution < -0.4 is 10.6 Å². The number of aromatic nitrogens is 1. The third-order valence-electron chi connectivity index (χ3n) is 3.27. The maximum Gasteiger partial charge on any atom is 0.191 e. The van der Waals surface area contributed by atoms with Crippen molar-refractivity contribution in [3.63, 3.8) is 0 Å². The summed E-state index contributed by atoms with van der Waals surface area (Å²) in [5.41, 5.74) is 0.978. The average Bonchev–Trinajstić information content (AvgIpc) is 3.00. The summed E-state index contributed by atoms with van der Waals surface area (Å²) in [5.74, 6) is 0.739. The summed E-state index contributed by atoms with van der Waals surface area (Å²) < 4.78 is 0. The second-order valence-electron chi connectivity index (χ2n) is 4.91. The Kier molecular flexibility index (Phi) is 7.15. The van der Waals surface area contributed by atoms with Gasteiger partial charge in [-0.15, -0.1) is 11.3 Å². The Hall–Kier alpha value is -1.30. The van der Waals surface area contributed by atoms with Gasteiger partial charge in [-0.2, -0.15) is 0 Å². The largest absolute Gasteiger partial charge is 0.356 e. The third-order valence-corrected chi connectivity index (χ3v) is 5.05. The highest BCUT2D eigenvalue weighted by atomic mass is 35.5. The zero-order chi connectivity index (χ0) is 16.7. The molecule has 0 saturated carbocycles. The minimum atomic E-state index is 0.590. The molecule has 0 aliphatic rings. The number of nitrogens with one attached hydrogen (secondary N) is 2. The minimum absolute atomic E-state index is 0.590. The summed E-state index contributed by atoms with van der Waals surface area (Å²) in [6.45, 7) is 3.51. The van der Waals surface area contributed by atoms with E-state index in [1.165, 1.54) is 4.88 Å². The lowest BCUT2D eigenvalue weighted by Gasteiger charge is -2.12. The summed E-state index contributed by atoms with van der Waals surface area (Å²) in [6, 6.07) is 5.48. The van der Waals surface area contributed by atoms with E-state index in [1.54, 1.807) is 24.5 Å². The average molecular weight is 371 g/mol. The molecule has 0 spiro atoms. The number of rotatable bonds is 6. The summed E-state index contributed by atoms with van der Waals surface area (Å²) in [4.78, 5) is 9.94. The van der Waals surface area contributed by atoms with Crippen molar-refractivity contribution in [1.29, 1.82) is 0 Å². The van der Waals surface area contributed by atoms with Gasteiger partial charge >= 0.3 is 0 Å². The summed E-state index contributed by atoms with van der Waals surface area (Å²) in [6.07, 6.45) is 3.87. The van der Waals surface area contributed by atoms with Crippen LogP contribution in [0.25, 0.3) is 0 Å². The van der Waals surface area contributed by atoms with E-state index in [2.05, 4.69) is 27.5 Å². The van der Waals surface area contributed by atoms with Crippen molar-refractivity contribution in [3.8, 4) is 0 Å². The predicted octanol–water partition coefficient (Wildman–Crippen LogP) is 3.92. The van der Waals surface area contributed by atoms with Crippen LogP contribution in [-0.2, 0) is 19.4 Å². The fourth-order valence-electron chi connectivity index (χ4n) is 1.98. The van der Waals surface area contributed by atoms with Crippen LogP contribution in [0.4, 0.5) is 0 Å². The topological polar surface area (TPSA) is 49.3 Å². The van der Waals surface area contributed by atoms with Crippen LogP contribution in [-0.4, -0.2) is 24.5 Å². The number of thiazole rings is 1. The van der Waals surface area contributed by atoms with Gasteiger partial charge in [0, 0.05) is 47.7 Å². The molecule has 0 atom stereocenters. The van der Waals surface area contributed by atoms with Crippen LogP contribution in [0.3, 0.4) is 0 Å². The molecule has 0 amide bonds. The number of aliphatic imine (C=N–C) groups is 1. The van der Waals surface area contributed by atoms with Crippen LogP contribution >= 0.6 is 34.5 Å². The normalized spacial score (nSPS) is 11.6. The molecule has 0 saturated heterocycles. The molecular formula is C16H20Cl2N4S. The van der Waals surface area contributed by atoms with Gasteiger partial charge in [-0.05, 0) is 24.1 Å². The van der Waals surface area contributed by atoms with Crippen LogP contribution in [0.1, 0.15) is 22.4 Å². The van der Waals surface area contributed by atoms with Crippen LogP contribution in [0.15, 0.2) is 29.4 Å². The fourth-order valence-corrected chi connectivity index (χ4v) is 3.32. The molecule has 124 valence electrons. The Balaban J connectivity index is 1.79. The number of hydrogen-bond acceptors (Lipinski definition) is 3. The van der Waals surface area contributed by atoms with Crippen molar-refractivity contribution >= 4 is 40.5 Å². The van der Waals surface area contributed by atoms with Crippen LogP contribution in [0.5, 0.6) is 0 Å². The standard InChI is InChI=1S/C16H20Cl2N4S/c1-3-13-10-21-15(23-13)6-7-20-16(19-2)22-9-11-4-5-12(17)8-14(11)18/h4-5,8,10H,3,6-7,9H2,1-2H3,(H2,19,20,22). The molecule has 1 aromatic carbocycles. The Labute approximate surface area is 151 Å². The molecule has 2 rings (SSSR count). The number of hydrogen-bond donors (Lipinski definition) is 2. The lowest BCUT2D eigenvalue weighted by molar-refractivity contribution is 0.792. The van der Waals surface area contributed by atoms with E-state index in [0.717, 1.165) is 35.9 Å². The third kappa shape index (κ3) is 5.68. The molecule has 0 fully saturated rings. The van der Waals surface area contributed by atoms with Gasteiger partial charge in [0.25, 0.3) is 0 Å². The Bertz CT molecular complexity index is 670. The first-order valence-electron chi connectivity index (χ1n) is 7.44. The number of nitrogens with zero attached hydrogens (tertiary/aromatic N) is 2. The van der Waals surface area contributed by atoms with Crippen molar-refractivity contribution < 1.29 is 0 Å². The number of aryl methyl sites for hydroxylation is 1. The van der Waals surface area contributed by atoms with Gasteiger partial charge in [0.2, 0.25) is 0 Å². The zero-order valence-electron chi connectivity index (χ0n) is 13.2. The highest BCUT2D eigenvalue weighted by molar-refractivity contribution is 7.11. The van der Waals surface area contributed by atoms with Gasteiger partial charge in [-0.3, -0.25) is 4.99 Å². The fraction of sp³-hybridized carbons (Fsp3) is 0.375. The number of guanidine groups is 1. The number of benzene rings is 1. The van der Waals surface area contributed by atoms with E-state index >= 15 is 0 Å². The van der Waals surface area contributed by atoms with E-state index in [0.29, 0.717) is 16.6 Å². The zero-order valence-corrected chi connectivity index (χ0v) is 15.5. The molecule has 0 aliphatic heterocycles. The summed E-state index contributed by atoms with van der Waals surface area (Å²) >= 11 is 13.8. The van der Waals surface area contributed by atoms with Gasteiger partial charge < -0.3 is 10.6 Å². The van der Waals surface area contributed by atoms with Gasteiger partial charge in [0.1, 0.15) is 0 Å². The molecule has 2 aromatic rings. The summed E-state index contributed by atoms with van der Waals surface area (Å²) in [5, 5.41) is 8.95. The van der Waals surface area contributed by atoms with Crippen molar-refractivity contribution in [2.75, 3.05) is 13.6 Å². The molecule has 0 radical (unpaired) electrons. The van der Waals surface area contributed by atoms with Crippen molar-refractivity contribution in [2.24, 2.45) is 4.99 Å². The Morgan fingerprint density at radius 3 is 2.78 bits per heavy atom. The minimum Gasteiger partial charge on any atom is -0.356 e. The quantitative estimate of drug-likeness (QED) is 0.598. The predicted molar refractivity (Wildman–Crippen MR) is 99.9 cm³/mol. The van der Waals surface area contributed by atoms with Crippen LogP contribution in [0.2, 0.25) is 10.0 Å². The van der Waals surface area contributed by atoms with Gasteiger partial charge in [0.15, 0.2) is 5.96 Å².